The van der Waals surface area contributed by atoms with Crippen LogP contribution < -0.4 is 5.32 Å². The monoisotopic (exact) mass is 297 g/mol. The highest BCUT2D eigenvalue weighted by atomic mass is 32.1. The number of aromatic nitrogens is 1. The van der Waals surface area contributed by atoms with Gasteiger partial charge in [-0.15, -0.1) is 17.9 Å². The smallest absolute Gasteiger partial charge is 0.324 e. The molecule has 0 aromatic carbocycles. The zero-order chi connectivity index (χ0) is 15.2. The summed E-state index contributed by atoms with van der Waals surface area (Å²) in [5, 5.41) is 14.2. The van der Waals surface area contributed by atoms with Crippen LogP contribution in [0.15, 0.2) is 18.0 Å². The van der Waals surface area contributed by atoms with Gasteiger partial charge >= 0.3 is 6.03 Å². The number of amides is 2. The summed E-state index contributed by atoms with van der Waals surface area (Å²) in [4.78, 5) is 17.9. The number of hydrogen-bond donors (Lipinski definition) is 2. The standard InChI is InChI=1S/C14H23N3O2S/c1-5-6-17(7-8-18)13(19)16-12-15-11(10-20-12)9-14(2,3)4/h5,10,18H,1,6-9H2,2-4H3,(H,15,16,19). The van der Waals surface area contributed by atoms with E-state index in [1.54, 1.807) is 6.08 Å². The fraction of sp³-hybridized carbons (Fsp3) is 0.571. The maximum Gasteiger partial charge on any atom is 0.324 e. The average Bonchev–Trinajstić information content (AvgIpc) is 2.73. The molecule has 5 nitrogen and oxygen atoms in total. The summed E-state index contributed by atoms with van der Waals surface area (Å²) in [7, 11) is 0. The Balaban J connectivity index is 2.63. The van der Waals surface area contributed by atoms with Crippen molar-refractivity contribution in [2.45, 2.75) is 27.2 Å². The Hall–Kier alpha value is -1.40. The molecule has 20 heavy (non-hydrogen) atoms. The van der Waals surface area contributed by atoms with E-state index in [4.69, 9.17) is 5.11 Å². The van der Waals surface area contributed by atoms with Crippen molar-refractivity contribution in [3.8, 4) is 0 Å². The minimum Gasteiger partial charge on any atom is -0.395 e. The van der Waals surface area contributed by atoms with Crippen molar-refractivity contribution in [1.29, 1.82) is 0 Å². The zero-order valence-corrected chi connectivity index (χ0v) is 13.2. The Morgan fingerprint density at radius 3 is 2.85 bits per heavy atom. The Morgan fingerprint density at radius 2 is 2.30 bits per heavy atom. The van der Waals surface area contributed by atoms with Crippen molar-refractivity contribution in [3.63, 3.8) is 0 Å². The SMILES string of the molecule is C=CCN(CCO)C(=O)Nc1nc(CC(C)(C)C)cs1. The van der Waals surface area contributed by atoms with Crippen molar-refractivity contribution in [1.82, 2.24) is 9.88 Å². The van der Waals surface area contributed by atoms with Crippen molar-refractivity contribution in [3.05, 3.63) is 23.7 Å². The third kappa shape index (κ3) is 5.71. The number of thiazole rings is 1. The molecule has 0 saturated heterocycles. The molecule has 0 radical (unpaired) electrons. The number of hydrogen-bond acceptors (Lipinski definition) is 4. The molecule has 1 rings (SSSR count). The summed E-state index contributed by atoms with van der Waals surface area (Å²) in [6.45, 7) is 10.6. The van der Waals surface area contributed by atoms with E-state index in [1.165, 1.54) is 16.2 Å². The number of carbonyl (C=O) groups excluding carboxylic acids is 1. The van der Waals surface area contributed by atoms with Crippen molar-refractivity contribution in [2.75, 3.05) is 25.0 Å². The van der Waals surface area contributed by atoms with E-state index >= 15 is 0 Å². The molecular weight excluding hydrogens is 274 g/mol. The molecule has 2 amide bonds. The second-order valence-corrected chi connectivity index (χ2v) is 6.63. The molecule has 112 valence electrons. The van der Waals surface area contributed by atoms with Crippen LogP contribution in [0.3, 0.4) is 0 Å². The fourth-order valence-corrected chi connectivity index (χ4v) is 2.41. The van der Waals surface area contributed by atoms with Crippen LogP contribution >= 0.6 is 11.3 Å². The number of rotatable bonds is 6. The van der Waals surface area contributed by atoms with Crippen LogP contribution in [0.4, 0.5) is 9.93 Å². The van der Waals surface area contributed by atoms with Gasteiger partial charge in [0.15, 0.2) is 5.13 Å². The lowest BCUT2D eigenvalue weighted by Gasteiger charge is -2.19. The lowest BCUT2D eigenvalue weighted by Crippen LogP contribution is -2.37. The number of carbonyl (C=O) groups is 1. The van der Waals surface area contributed by atoms with Gasteiger partial charge in [-0.05, 0) is 11.8 Å². The molecule has 1 aromatic heterocycles. The summed E-state index contributed by atoms with van der Waals surface area (Å²) >= 11 is 1.41. The van der Waals surface area contributed by atoms with Gasteiger partial charge in [-0.25, -0.2) is 9.78 Å². The normalized spacial score (nSPS) is 11.2. The van der Waals surface area contributed by atoms with E-state index < -0.39 is 0 Å². The fourth-order valence-electron chi connectivity index (χ4n) is 1.71. The first-order valence-corrected chi connectivity index (χ1v) is 7.46. The molecule has 0 bridgehead atoms. The summed E-state index contributed by atoms with van der Waals surface area (Å²) in [6, 6.07) is -0.268. The van der Waals surface area contributed by atoms with Crippen molar-refractivity contribution in [2.24, 2.45) is 5.41 Å². The highest BCUT2D eigenvalue weighted by molar-refractivity contribution is 7.13. The van der Waals surface area contributed by atoms with Crippen LogP contribution in [0.25, 0.3) is 0 Å². The number of urea groups is 1. The minimum absolute atomic E-state index is 0.0750. The van der Waals surface area contributed by atoms with E-state index in [0.29, 0.717) is 11.7 Å². The van der Waals surface area contributed by atoms with Gasteiger partial charge in [0.25, 0.3) is 0 Å². The van der Waals surface area contributed by atoms with Gasteiger partial charge in [-0.2, -0.15) is 0 Å². The first kappa shape index (κ1) is 16.7. The average molecular weight is 297 g/mol. The van der Waals surface area contributed by atoms with E-state index in [2.05, 4.69) is 37.7 Å². The number of nitrogens with one attached hydrogen (secondary N) is 1. The third-order valence-corrected chi connectivity index (χ3v) is 3.29. The van der Waals surface area contributed by atoms with Crippen molar-refractivity contribution >= 4 is 22.5 Å². The van der Waals surface area contributed by atoms with Crippen LogP contribution in [-0.4, -0.2) is 40.7 Å². The van der Waals surface area contributed by atoms with Gasteiger partial charge in [0.1, 0.15) is 0 Å². The predicted molar refractivity (Wildman–Crippen MR) is 83.1 cm³/mol. The van der Waals surface area contributed by atoms with Gasteiger partial charge in [-0.1, -0.05) is 26.8 Å². The molecule has 1 aromatic rings. The maximum atomic E-state index is 12.0. The summed E-state index contributed by atoms with van der Waals surface area (Å²) < 4.78 is 0. The van der Waals surface area contributed by atoms with Gasteiger partial charge < -0.3 is 10.0 Å². The van der Waals surface area contributed by atoms with E-state index in [-0.39, 0.29) is 24.6 Å². The zero-order valence-electron chi connectivity index (χ0n) is 12.3. The summed E-state index contributed by atoms with van der Waals surface area (Å²) in [5.74, 6) is 0. The van der Waals surface area contributed by atoms with Gasteiger partial charge in [0.2, 0.25) is 0 Å². The van der Waals surface area contributed by atoms with E-state index in [9.17, 15) is 4.79 Å². The number of nitrogens with zero attached hydrogens (tertiary/aromatic N) is 2. The molecule has 0 spiro atoms. The van der Waals surface area contributed by atoms with Gasteiger partial charge in [-0.3, -0.25) is 5.32 Å². The quantitative estimate of drug-likeness (QED) is 0.793. The first-order chi connectivity index (χ1) is 9.35. The second-order valence-electron chi connectivity index (χ2n) is 5.77. The molecule has 0 unspecified atom stereocenters. The lowest BCUT2D eigenvalue weighted by atomic mass is 9.91. The topological polar surface area (TPSA) is 65.5 Å². The molecule has 0 aliphatic carbocycles. The molecule has 6 heteroatoms. The Bertz CT molecular complexity index is 452. The number of aliphatic hydroxyl groups excluding tert-OH is 1. The highest BCUT2D eigenvalue weighted by Gasteiger charge is 2.16. The van der Waals surface area contributed by atoms with E-state index in [0.717, 1.165) is 12.1 Å². The second kappa shape index (κ2) is 7.40. The van der Waals surface area contributed by atoms with E-state index in [1.807, 2.05) is 5.38 Å². The Morgan fingerprint density at radius 1 is 1.60 bits per heavy atom. The summed E-state index contributed by atoms with van der Waals surface area (Å²) in [6.07, 6.45) is 2.49. The van der Waals surface area contributed by atoms with Crippen molar-refractivity contribution < 1.29 is 9.90 Å². The van der Waals surface area contributed by atoms with Crippen LogP contribution in [0, 0.1) is 5.41 Å². The molecular formula is C14H23N3O2S. The Labute approximate surface area is 124 Å². The highest BCUT2D eigenvalue weighted by Crippen LogP contribution is 2.24. The molecule has 0 atom stereocenters. The number of aliphatic hydroxyl groups is 1. The Kier molecular flexibility index (Phi) is 6.16. The molecule has 0 aliphatic heterocycles. The summed E-state index contributed by atoms with van der Waals surface area (Å²) in [5.41, 5.74) is 1.15. The van der Waals surface area contributed by atoms with Crippen LogP contribution in [0.1, 0.15) is 26.5 Å². The van der Waals surface area contributed by atoms with Crippen LogP contribution in [-0.2, 0) is 6.42 Å². The lowest BCUT2D eigenvalue weighted by molar-refractivity contribution is 0.195. The van der Waals surface area contributed by atoms with Crippen LogP contribution in [0.5, 0.6) is 0 Å². The molecule has 1 heterocycles. The molecule has 0 saturated carbocycles. The number of anilines is 1. The maximum absolute atomic E-state index is 12.0. The predicted octanol–water partition coefficient (Wildman–Crippen LogP) is 2.74. The third-order valence-electron chi connectivity index (χ3n) is 2.48. The molecule has 2 N–H and O–H groups in total. The largest absolute Gasteiger partial charge is 0.395 e. The van der Waals surface area contributed by atoms with Gasteiger partial charge in [0.05, 0.1) is 12.3 Å². The first-order valence-electron chi connectivity index (χ1n) is 6.58. The van der Waals surface area contributed by atoms with Gasteiger partial charge in [0, 0.05) is 18.5 Å². The molecule has 0 aliphatic rings. The molecule has 0 fully saturated rings. The van der Waals surface area contributed by atoms with Crippen LogP contribution in [0.2, 0.25) is 0 Å². The minimum atomic E-state index is -0.268.